The number of thiocarbonyl (C=S) groups is 1. The molecular formula is C15H16N4S. The minimum Gasteiger partial charge on any atom is -0.398 e. The van der Waals surface area contributed by atoms with Crippen LogP contribution < -0.4 is 17.2 Å². The van der Waals surface area contributed by atoms with Gasteiger partial charge in [0.15, 0.2) is 5.11 Å². The fraction of sp³-hybridized carbons (Fsp3) is 0.0667. The van der Waals surface area contributed by atoms with Gasteiger partial charge >= 0.3 is 0 Å². The number of benzene rings is 2. The Bertz CT molecular complexity index is 692. The maximum absolute atomic E-state index is 5.94. The Morgan fingerprint density at radius 2 is 1.80 bits per heavy atom. The Hall–Kier alpha value is -2.40. The number of rotatable bonds is 2. The average molecular weight is 284 g/mol. The molecule has 0 atom stereocenters. The molecule has 0 aliphatic rings. The predicted molar refractivity (Wildman–Crippen MR) is 88.5 cm³/mol. The van der Waals surface area contributed by atoms with Crippen LogP contribution in [0.4, 0.5) is 5.69 Å². The van der Waals surface area contributed by atoms with Crippen LogP contribution >= 0.6 is 12.2 Å². The van der Waals surface area contributed by atoms with Crippen molar-refractivity contribution in [2.24, 2.45) is 16.5 Å². The SMILES string of the molecule is Cc1ccccc1-c1ccc(N)c(/C(N)=N/C(N)=S)c1. The third-order valence-corrected chi connectivity index (χ3v) is 3.11. The molecule has 0 unspecified atom stereocenters. The van der Waals surface area contributed by atoms with Crippen molar-refractivity contribution < 1.29 is 0 Å². The van der Waals surface area contributed by atoms with Crippen molar-refractivity contribution in [2.45, 2.75) is 6.92 Å². The lowest BCUT2D eigenvalue weighted by atomic mass is 9.98. The van der Waals surface area contributed by atoms with E-state index in [1.165, 1.54) is 5.56 Å². The van der Waals surface area contributed by atoms with Gasteiger partial charge in [0.25, 0.3) is 0 Å². The molecule has 0 saturated heterocycles. The molecule has 0 aliphatic heterocycles. The fourth-order valence-corrected chi connectivity index (χ4v) is 2.12. The number of amidine groups is 1. The Morgan fingerprint density at radius 1 is 1.10 bits per heavy atom. The van der Waals surface area contributed by atoms with Gasteiger partial charge in [-0.25, -0.2) is 4.99 Å². The van der Waals surface area contributed by atoms with Crippen LogP contribution in [0.2, 0.25) is 0 Å². The molecule has 0 fully saturated rings. The number of hydrogen-bond acceptors (Lipinski definition) is 2. The summed E-state index contributed by atoms with van der Waals surface area (Å²) >= 11 is 4.73. The molecule has 20 heavy (non-hydrogen) atoms. The van der Waals surface area contributed by atoms with Gasteiger partial charge in [-0.3, -0.25) is 0 Å². The van der Waals surface area contributed by atoms with Crippen LogP contribution in [-0.2, 0) is 0 Å². The normalized spacial score (nSPS) is 11.3. The molecule has 2 aromatic rings. The van der Waals surface area contributed by atoms with Crippen LogP contribution in [0, 0.1) is 6.92 Å². The number of nitrogen functional groups attached to an aromatic ring is 1. The molecule has 2 rings (SSSR count). The second kappa shape index (κ2) is 5.71. The van der Waals surface area contributed by atoms with E-state index in [1.54, 1.807) is 6.07 Å². The monoisotopic (exact) mass is 284 g/mol. The van der Waals surface area contributed by atoms with Gasteiger partial charge in [0.1, 0.15) is 5.84 Å². The average Bonchev–Trinajstić information content (AvgIpc) is 2.39. The Kier molecular flexibility index (Phi) is 4.00. The van der Waals surface area contributed by atoms with E-state index in [-0.39, 0.29) is 10.9 Å². The van der Waals surface area contributed by atoms with E-state index in [2.05, 4.69) is 18.0 Å². The highest BCUT2D eigenvalue weighted by Gasteiger charge is 2.08. The van der Waals surface area contributed by atoms with E-state index in [0.29, 0.717) is 11.3 Å². The molecule has 0 amide bonds. The maximum atomic E-state index is 5.94. The second-order valence-electron chi connectivity index (χ2n) is 4.45. The number of nitrogens with zero attached hydrogens (tertiary/aromatic N) is 1. The highest BCUT2D eigenvalue weighted by atomic mass is 32.1. The van der Waals surface area contributed by atoms with Crippen molar-refractivity contribution in [3.8, 4) is 11.1 Å². The first-order valence-corrected chi connectivity index (χ1v) is 6.49. The molecule has 0 radical (unpaired) electrons. The molecule has 102 valence electrons. The molecule has 4 nitrogen and oxygen atoms in total. The molecule has 0 saturated carbocycles. The Morgan fingerprint density at radius 3 is 2.45 bits per heavy atom. The van der Waals surface area contributed by atoms with Gasteiger partial charge in [-0.1, -0.05) is 30.3 Å². The summed E-state index contributed by atoms with van der Waals surface area (Å²) in [4.78, 5) is 3.89. The lowest BCUT2D eigenvalue weighted by Crippen LogP contribution is -2.19. The summed E-state index contributed by atoms with van der Waals surface area (Å²) in [6, 6.07) is 13.7. The zero-order chi connectivity index (χ0) is 14.7. The molecule has 0 heterocycles. The molecule has 0 aliphatic carbocycles. The standard InChI is InChI=1S/C15H16N4S/c1-9-4-2-3-5-11(9)10-6-7-13(16)12(8-10)14(17)19-15(18)20/h2-8H,16H2,1H3,(H4,17,18,19,20). The lowest BCUT2D eigenvalue weighted by molar-refractivity contribution is 1.45. The zero-order valence-corrected chi connectivity index (χ0v) is 11.9. The van der Waals surface area contributed by atoms with Crippen LogP contribution in [0.5, 0.6) is 0 Å². The third kappa shape index (κ3) is 2.95. The molecule has 0 spiro atoms. The van der Waals surface area contributed by atoms with Gasteiger partial charge in [0.05, 0.1) is 0 Å². The van der Waals surface area contributed by atoms with E-state index >= 15 is 0 Å². The zero-order valence-electron chi connectivity index (χ0n) is 11.1. The highest BCUT2D eigenvalue weighted by Crippen LogP contribution is 2.26. The first-order valence-electron chi connectivity index (χ1n) is 6.08. The van der Waals surface area contributed by atoms with E-state index in [0.717, 1.165) is 11.1 Å². The maximum Gasteiger partial charge on any atom is 0.192 e. The van der Waals surface area contributed by atoms with Gasteiger partial charge in [0, 0.05) is 11.3 Å². The quantitative estimate of drug-likeness (QED) is 0.341. The minimum atomic E-state index is -0.0109. The van der Waals surface area contributed by atoms with Crippen molar-refractivity contribution in [1.29, 1.82) is 0 Å². The van der Waals surface area contributed by atoms with Crippen LogP contribution in [0.3, 0.4) is 0 Å². The van der Waals surface area contributed by atoms with Crippen LogP contribution in [0.15, 0.2) is 47.5 Å². The summed E-state index contributed by atoms with van der Waals surface area (Å²) in [6.45, 7) is 2.05. The third-order valence-electron chi connectivity index (χ3n) is 3.02. The van der Waals surface area contributed by atoms with Gasteiger partial charge in [-0.05, 0) is 48.0 Å². The molecule has 0 aromatic heterocycles. The Labute approximate surface area is 123 Å². The largest absolute Gasteiger partial charge is 0.398 e. The highest BCUT2D eigenvalue weighted by molar-refractivity contribution is 7.80. The van der Waals surface area contributed by atoms with Crippen LogP contribution in [0.25, 0.3) is 11.1 Å². The summed E-state index contributed by atoms with van der Waals surface area (Å²) in [5.74, 6) is 0.227. The van der Waals surface area contributed by atoms with Crippen molar-refractivity contribution >= 4 is 28.9 Å². The number of anilines is 1. The van der Waals surface area contributed by atoms with E-state index < -0.39 is 0 Å². The first kappa shape index (κ1) is 14.0. The van der Waals surface area contributed by atoms with Crippen LogP contribution in [-0.4, -0.2) is 10.9 Å². The number of hydrogen-bond donors (Lipinski definition) is 3. The molecule has 6 N–H and O–H groups in total. The van der Waals surface area contributed by atoms with Gasteiger partial charge < -0.3 is 17.2 Å². The number of nitrogens with two attached hydrogens (primary N) is 3. The van der Waals surface area contributed by atoms with Crippen molar-refractivity contribution in [3.05, 3.63) is 53.6 Å². The number of aliphatic imine (C=N–C) groups is 1. The van der Waals surface area contributed by atoms with Gasteiger partial charge in [-0.15, -0.1) is 0 Å². The second-order valence-corrected chi connectivity index (χ2v) is 4.87. The first-order chi connectivity index (χ1) is 9.49. The van der Waals surface area contributed by atoms with Crippen molar-refractivity contribution in [3.63, 3.8) is 0 Å². The summed E-state index contributed by atoms with van der Waals surface area (Å²) < 4.78 is 0. The van der Waals surface area contributed by atoms with Crippen molar-refractivity contribution in [2.75, 3.05) is 5.73 Å². The van der Waals surface area contributed by atoms with E-state index in [9.17, 15) is 0 Å². The predicted octanol–water partition coefficient (Wildman–Crippen LogP) is 2.19. The lowest BCUT2D eigenvalue weighted by Gasteiger charge is -2.10. The molecule has 2 aromatic carbocycles. The Balaban J connectivity index is 2.55. The van der Waals surface area contributed by atoms with E-state index in [4.69, 9.17) is 29.4 Å². The molecule has 0 bridgehead atoms. The molecular weight excluding hydrogens is 268 g/mol. The van der Waals surface area contributed by atoms with E-state index in [1.807, 2.05) is 30.3 Å². The molecule has 5 heteroatoms. The van der Waals surface area contributed by atoms with Crippen LogP contribution in [0.1, 0.15) is 11.1 Å². The topological polar surface area (TPSA) is 90.4 Å². The van der Waals surface area contributed by atoms with Crippen molar-refractivity contribution in [1.82, 2.24) is 0 Å². The van der Waals surface area contributed by atoms with Gasteiger partial charge in [-0.2, -0.15) is 0 Å². The minimum absolute atomic E-state index is 0.0109. The fourth-order valence-electron chi connectivity index (χ4n) is 2.02. The smallest absolute Gasteiger partial charge is 0.192 e. The summed E-state index contributed by atoms with van der Waals surface area (Å²) in [7, 11) is 0. The summed E-state index contributed by atoms with van der Waals surface area (Å²) in [5, 5.41) is -0.0109. The van der Waals surface area contributed by atoms with Gasteiger partial charge in [0.2, 0.25) is 0 Å². The summed E-state index contributed by atoms with van der Waals surface area (Å²) in [6.07, 6.45) is 0. The summed E-state index contributed by atoms with van der Waals surface area (Å²) in [5.41, 5.74) is 21.7. The number of aryl methyl sites for hydroxylation is 1.